The van der Waals surface area contributed by atoms with Gasteiger partial charge in [0, 0.05) is 16.7 Å². The summed E-state index contributed by atoms with van der Waals surface area (Å²) in [7, 11) is 1.25. The van der Waals surface area contributed by atoms with Gasteiger partial charge in [0.15, 0.2) is 5.71 Å². The number of hydrogen-bond acceptors (Lipinski definition) is 11. The first-order valence-corrected chi connectivity index (χ1v) is 9.75. The van der Waals surface area contributed by atoms with E-state index in [-0.39, 0.29) is 35.0 Å². The summed E-state index contributed by atoms with van der Waals surface area (Å²) in [5.41, 5.74) is 4.85. The second kappa shape index (κ2) is 8.44. The summed E-state index contributed by atoms with van der Waals surface area (Å²) < 4.78 is 8.30. The zero-order chi connectivity index (χ0) is 21.1. The number of carboxylic acids is 1. The predicted molar refractivity (Wildman–Crippen MR) is 98.7 cm³/mol. The number of ether oxygens (including phenoxy) is 1. The van der Waals surface area contributed by atoms with Crippen molar-refractivity contribution in [1.29, 1.82) is 0 Å². The first-order valence-electron chi connectivity index (χ1n) is 7.86. The standard InChI is InChI=1S/C14H14N6O7S2/c1-26-18-7(6-4-29-19-17-6)10(21)16-8-11(22)20-9(13(23)24)5(2-27-14(15)25)3-28-12(8)20/h4,8,12H,2-3H2,1H3,(H2,15,25)(H,16,21)(H,23,24)/t8?,12-/m1/s1. The van der Waals surface area contributed by atoms with Crippen LogP contribution < -0.4 is 11.1 Å². The van der Waals surface area contributed by atoms with Crippen LogP contribution >= 0.6 is 23.3 Å². The first-order chi connectivity index (χ1) is 13.8. The molecule has 1 aromatic rings. The zero-order valence-electron chi connectivity index (χ0n) is 14.7. The number of aliphatic carboxylic acids is 1. The molecule has 0 bridgehead atoms. The van der Waals surface area contributed by atoms with Gasteiger partial charge >= 0.3 is 12.1 Å². The van der Waals surface area contributed by atoms with E-state index in [0.717, 1.165) is 16.4 Å². The molecule has 0 aliphatic carbocycles. The van der Waals surface area contributed by atoms with Crippen molar-refractivity contribution in [3.05, 3.63) is 22.3 Å². The van der Waals surface area contributed by atoms with Crippen LogP contribution in [0.3, 0.4) is 0 Å². The third kappa shape index (κ3) is 4.00. The molecule has 0 aromatic carbocycles. The molecule has 2 aliphatic heterocycles. The average molecular weight is 442 g/mol. The molecule has 3 amide bonds. The Morgan fingerprint density at radius 2 is 2.24 bits per heavy atom. The second-order valence-electron chi connectivity index (χ2n) is 5.64. The summed E-state index contributed by atoms with van der Waals surface area (Å²) in [6.45, 7) is -0.348. The van der Waals surface area contributed by atoms with Crippen molar-refractivity contribution >= 4 is 52.9 Å². The van der Waals surface area contributed by atoms with E-state index in [0.29, 0.717) is 0 Å². The van der Waals surface area contributed by atoms with Gasteiger partial charge in [0.05, 0.1) is 0 Å². The highest BCUT2D eigenvalue weighted by Crippen LogP contribution is 2.40. The maximum Gasteiger partial charge on any atom is 0.404 e. The van der Waals surface area contributed by atoms with E-state index in [1.807, 2.05) is 0 Å². The lowest BCUT2D eigenvalue weighted by Crippen LogP contribution is -2.71. The van der Waals surface area contributed by atoms with Gasteiger partial charge in [-0.2, -0.15) is 0 Å². The molecule has 1 unspecified atom stereocenters. The number of nitrogens with one attached hydrogen (secondary N) is 1. The number of aromatic nitrogens is 2. The largest absolute Gasteiger partial charge is 0.477 e. The van der Waals surface area contributed by atoms with E-state index in [4.69, 9.17) is 5.73 Å². The van der Waals surface area contributed by atoms with Gasteiger partial charge in [0.1, 0.15) is 36.5 Å². The highest BCUT2D eigenvalue weighted by Gasteiger charge is 2.54. The minimum absolute atomic E-state index is 0.169. The van der Waals surface area contributed by atoms with Gasteiger partial charge in [-0.05, 0) is 11.5 Å². The van der Waals surface area contributed by atoms with E-state index >= 15 is 0 Å². The number of β-lactam (4-membered cyclic amide) rings is 1. The third-order valence-electron chi connectivity index (χ3n) is 3.93. The van der Waals surface area contributed by atoms with E-state index in [9.17, 15) is 24.3 Å². The number of hydrogen-bond donors (Lipinski definition) is 3. The molecule has 15 heteroatoms. The minimum atomic E-state index is -1.35. The number of rotatable bonds is 7. The van der Waals surface area contributed by atoms with Crippen molar-refractivity contribution in [3.63, 3.8) is 0 Å². The Labute approximate surface area is 171 Å². The topological polar surface area (TPSA) is 186 Å². The normalized spacial score (nSPS) is 21.2. The van der Waals surface area contributed by atoms with Gasteiger partial charge in [-0.15, -0.1) is 16.9 Å². The maximum absolute atomic E-state index is 12.6. The highest BCUT2D eigenvalue weighted by molar-refractivity contribution is 8.00. The fourth-order valence-corrected chi connectivity index (χ4v) is 4.49. The Morgan fingerprint density at radius 1 is 1.48 bits per heavy atom. The molecule has 154 valence electrons. The zero-order valence-corrected chi connectivity index (χ0v) is 16.4. The minimum Gasteiger partial charge on any atom is -0.477 e. The smallest absolute Gasteiger partial charge is 0.404 e. The van der Waals surface area contributed by atoms with Crippen LogP contribution in [0.25, 0.3) is 0 Å². The first kappa shape index (κ1) is 20.5. The van der Waals surface area contributed by atoms with Gasteiger partial charge in [-0.1, -0.05) is 9.64 Å². The third-order valence-corrected chi connectivity index (χ3v) is 5.77. The fraction of sp³-hybridized carbons (Fsp3) is 0.357. The Morgan fingerprint density at radius 3 is 2.83 bits per heavy atom. The van der Waals surface area contributed by atoms with E-state index < -0.39 is 35.3 Å². The van der Waals surface area contributed by atoms with E-state index in [2.05, 4.69) is 29.6 Å². The summed E-state index contributed by atoms with van der Waals surface area (Å²) >= 11 is 2.22. The lowest BCUT2D eigenvalue weighted by molar-refractivity contribution is -0.150. The van der Waals surface area contributed by atoms with Crippen LogP contribution in [0.1, 0.15) is 5.69 Å². The van der Waals surface area contributed by atoms with Crippen molar-refractivity contribution in [2.75, 3.05) is 19.5 Å². The van der Waals surface area contributed by atoms with Crippen LogP contribution in [-0.2, 0) is 24.0 Å². The van der Waals surface area contributed by atoms with E-state index in [1.165, 1.54) is 24.3 Å². The molecule has 3 rings (SSSR count). The molecule has 1 fully saturated rings. The van der Waals surface area contributed by atoms with Gasteiger partial charge in [-0.3, -0.25) is 14.5 Å². The number of oxime groups is 1. The summed E-state index contributed by atoms with van der Waals surface area (Å²) in [6.07, 6.45) is -1.06. The quantitative estimate of drug-likeness (QED) is 0.261. The van der Waals surface area contributed by atoms with E-state index in [1.54, 1.807) is 0 Å². The predicted octanol–water partition coefficient (Wildman–Crippen LogP) is -1.28. The monoisotopic (exact) mass is 442 g/mol. The lowest BCUT2D eigenvalue weighted by atomic mass is 10.0. The van der Waals surface area contributed by atoms with Crippen LogP contribution in [0.5, 0.6) is 0 Å². The number of amides is 3. The molecular weight excluding hydrogens is 428 g/mol. The molecular formula is C14H14N6O7S2. The van der Waals surface area contributed by atoms with Gasteiger partial charge in [0.2, 0.25) is 0 Å². The maximum atomic E-state index is 12.6. The van der Waals surface area contributed by atoms with Crippen molar-refractivity contribution < 1.29 is 33.9 Å². The Balaban J connectivity index is 1.77. The van der Waals surface area contributed by atoms with Crippen LogP contribution in [0.4, 0.5) is 4.79 Å². The summed E-state index contributed by atoms with van der Waals surface area (Å²) in [5.74, 6) is -2.53. The molecule has 1 saturated heterocycles. The Bertz CT molecular complexity index is 916. The second-order valence-corrected chi connectivity index (χ2v) is 7.35. The number of carbonyl (C=O) groups is 4. The summed E-state index contributed by atoms with van der Waals surface area (Å²) in [4.78, 5) is 53.3. The summed E-state index contributed by atoms with van der Waals surface area (Å²) in [6, 6.07) is -0.978. The molecule has 29 heavy (non-hydrogen) atoms. The van der Waals surface area contributed by atoms with Crippen molar-refractivity contribution in [1.82, 2.24) is 19.8 Å². The Hall–Kier alpha value is -3.20. The fourth-order valence-electron chi connectivity index (χ4n) is 2.73. The number of carbonyl (C=O) groups excluding carboxylic acids is 3. The number of nitrogens with zero attached hydrogens (tertiary/aromatic N) is 4. The van der Waals surface area contributed by atoms with Crippen molar-refractivity contribution in [2.45, 2.75) is 11.4 Å². The van der Waals surface area contributed by atoms with Crippen LogP contribution in [0, 0.1) is 0 Å². The average Bonchev–Trinajstić information content (AvgIpc) is 3.21. The Kier molecular flexibility index (Phi) is 5.97. The highest BCUT2D eigenvalue weighted by atomic mass is 32.2. The molecule has 0 radical (unpaired) electrons. The lowest BCUT2D eigenvalue weighted by Gasteiger charge is -2.49. The molecule has 13 nitrogen and oxygen atoms in total. The number of fused-ring (bicyclic) bond motifs is 1. The van der Waals surface area contributed by atoms with Gasteiger partial charge in [-0.25, -0.2) is 9.59 Å². The number of primary amides is 1. The van der Waals surface area contributed by atoms with Gasteiger partial charge < -0.3 is 25.7 Å². The molecule has 3 heterocycles. The number of thioether (sulfide) groups is 1. The molecule has 0 saturated carbocycles. The van der Waals surface area contributed by atoms with Crippen LogP contribution in [-0.4, -0.2) is 80.1 Å². The number of nitrogens with two attached hydrogens (primary N) is 1. The molecule has 2 aliphatic rings. The van der Waals surface area contributed by atoms with Crippen LogP contribution in [0.15, 0.2) is 21.8 Å². The summed E-state index contributed by atoms with van der Waals surface area (Å²) in [5, 5.41) is 20.2. The molecule has 2 atom stereocenters. The van der Waals surface area contributed by atoms with Crippen LogP contribution in [0.2, 0.25) is 0 Å². The molecule has 1 aromatic heterocycles. The van der Waals surface area contributed by atoms with Gasteiger partial charge in [0.25, 0.3) is 11.8 Å². The molecule has 4 N–H and O–H groups in total. The molecule has 0 spiro atoms. The SMILES string of the molecule is CON=C(C(=O)NC1C(=O)N2C(C(=O)O)=C(COC(N)=O)CS[C@H]12)c1csnn1. The van der Waals surface area contributed by atoms with Crippen molar-refractivity contribution in [3.8, 4) is 0 Å². The number of carboxylic acid groups (broad SMARTS) is 1. The van der Waals surface area contributed by atoms with Crippen molar-refractivity contribution in [2.24, 2.45) is 10.9 Å².